The van der Waals surface area contributed by atoms with E-state index in [0.717, 1.165) is 19.3 Å². The fraction of sp³-hybridized carbons (Fsp3) is 0.765. The average Bonchev–Trinajstić information content (AvgIpc) is 2.41. The van der Waals surface area contributed by atoms with E-state index in [1.54, 1.807) is 6.92 Å². The van der Waals surface area contributed by atoms with Crippen LogP contribution < -0.4 is 0 Å². The van der Waals surface area contributed by atoms with Gasteiger partial charge >= 0.3 is 11.9 Å². The molecule has 0 aromatic heterocycles. The highest BCUT2D eigenvalue weighted by Gasteiger charge is 2.56. The molecule has 22 heavy (non-hydrogen) atoms. The number of hydrogen-bond acceptors (Lipinski definition) is 4. The third kappa shape index (κ3) is 2.91. The molecule has 0 bridgehead atoms. The van der Waals surface area contributed by atoms with Gasteiger partial charge in [0.25, 0.3) is 0 Å². The lowest BCUT2D eigenvalue weighted by atomic mass is 9.52. The van der Waals surface area contributed by atoms with Crippen molar-refractivity contribution >= 4 is 11.9 Å². The second-order valence-corrected chi connectivity index (χ2v) is 7.37. The van der Waals surface area contributed by atoms with E-state index in [1.165, 1.54) is 6.92 Å². The van der Waals surface area contributed by atoms with Crippen molar-refractivity contribution in [2.24, 2.45) is 17.3 Å². The van der Waals surface area contributed by atoms with Gasteiger partial charge < -0.3 is 14.9 Å². The Morgan fingerprint density at radius 3 is 2.36 bits per heavy atom. The third-order valence-electron chi connectivity index (χ3n) is 5.84. The summed E-state index contributed by atoms with van der Waals surface area (Å²) < 4.78 is 5.32. The van der Waals surface area contributed by atoms with Gasteiger partial charge in [-0.1, -0.05) is 13.5 Å². The maximum absolute atomic E-state index is 11.3. The van der Waals surface area contributed by atoms with Crippen LogP contribution in [-0.4, -0.2) is 33.9 Å². The molecular formula is C17H26O5. The van der Waals surface area contributed by atoms with Gasteiger partial charge in [-0.2, -0.15) is 0 Å². The zero-order valence-corrected chi connectivity index (χ0v) is 13.6. The van der Waals surface area contributed by atoms with Gasteiger partial charge in [0.2, 0.25) is 0 Å². The minimum atomic E-state index is -1.14. The molecule has 2 aliphatic rings. The number of aliphatic carboxylic acids is 1. The number of carbonyl (C=O) groups excluding carboxylic acids is 1. The number of rotatable bonds is 3. The van der Waals surface area contributed by atoms with E-state index >= 15 is 0 Å². The van der Waals surface area contributed by atoms with Crippen LogP contribution in [0.3, 0.4) is 0 Å². The first-order chi connectivity index (χ1) is 10.1. The van der Waals surface area contributed by atoms with Crippen molar-refractivity contribution in [3.63, 3.8) is 0 Å². The summed E-state index contributed by atoms with van der Waals surface area (Å²) in [6.07, 6.45) is 3.21. The minimum absolute atomic E-state index is 0.0462. The van der Waals surface area contributed by atoms with Crippen molar-refractivity contribution in [2.75, 3.05) is 0 Å². The highest BCUT2D eigenvalue weighted by atomic mass is 16.6. The number of carboxylic acid groups (broad SMARTS) is 1. The lowest BCUT2D eigenvalue weighted by Crippen LogP contribution is -2.59. The summed E-state index contributed by atoms with van der Waals surface area (Å²) in [4.78, 5) is 22.5. The van der Waals surface area contributed by atoms with Crippen molar-refractivity contribution in [3.8, 4) is 0 Å². The molecule has 5 heteroatoms. The molecule has 0 radical (unpaired) electrons. The van der Waals surface area contributed by atoms with Gasteiger partial charge in [0, 0.05) is 12.5 Å². The summed E-state index contributed by atoms with van der Waals surface area (Å²) in [5.41, 5.74) is -0.974. The second kappa shape index (κ2) is 5.69. The molecule has 0 saturated heterocycles. The third-order valence-corrected chi connectivity index (χ3v) is 5.84. The van der Waals surface area contributed by atoms with Gasteiger partial charge in [-0.25, -0.2) is 4.79 Å². The normalized spacial score (nSPS) is 41.4. The molecule has 5 atom stereocenters. The fourth-order valence-corrected chi connectivity index (χ4v) is 4.46. The number of ether oxygens (including phenoxy) is 1. The molecule has 0 amide bonds. The highest BCUT2D eigenvalue weighted by Crippen LogP contribution is 2.56. The molecule has 2 N–H and O–H groups in total. The predicted molar refractivity (Wildman–Crippen MR) is 81.1 cm³/mol. The number of carboxylic acids is 1. The van der Waals surface area contributed by atoms with E-state index in [9.17, 15) is 14.7 Å². The Morgan fingerprint density at radius 1 is 1.23 bits per heavy atom. The number of fused-ring (bicyclic) bond motifs is 1. The van der Waals surface area contributed by atoms with E-state index in [0.29, 0.717) is 12.8 Å². The monoisotopic (exact) mass is 310 g/mol. The lowest BCUT2D eigenvalue weighted by Gasteiger charge is -2.56. The van der Waals surface area contributed by atoms with Crippen LogP contribution in [0.2, 0.25) is 0 Å². The Bertz CT molecular complexity index is 495. The Hall–Kier alpha value is -1.36. The second-order valence-electron chi connectivity index (χ2n) is 7.37. The molecule has 5 nitrogen and oxygen atoms in total. The molecule has 0 aliphatic heterocycles. The van der Waals surface area contributed by atoms with E-state index in [-0.39, 0.29) is 22.8 Å². The first-order valence-electron chi connectivity index (χ1n) is 7.89. The molecule has 0 aromatic carbocycles. The van der Waals surface area contributed by atoms with Crippen molar-refractivity contribution in [2.45, 2.75) is 64.6 Å². The molecule has 0 unspecified atom stereocenters. The molecule has 0 aromatic rings. The maximum Gasteiger partial charge on any atom is 0.331 e. The van der Waals surface area contributed by atoms with E-state index in [4.69, 9.17) is 9.84 Å². The van der Waals surface area contributed by atoms with Gasteiger partial charge in [-0.3, -0.25) is 4.79 Å². The number of aliphatic hydroxyl groups is 1. The lowest BCUT2D eigenvalue weighted by molar-refractivity contribution is -0.203. The largest absolute Gasteiger partial charge is 0.478 e. The SMILES string of the molecule is C=C(C(=O)O)[C@@H]1CC[C@@]2(C)CC[C@@H](OC(C)=O)[C@](C)(O)[C@@H]2C1. The summed E-state index contributed by atoms with van der Waals surface area (Å²) in [6.45, 7) is 8.90. The molecule has 0 heterocycles. The number of carbonyl (C=O) groups is 2. The molecule has 2 rings (SSSR count). The van der Waals surface area contributed by atoms with Crippen LogP contribution in [0.25, 0.3) is 0 Å². The fourth-order valence-electron chi connectivity index (χ4n) is 4.46. The topological polar surface area (TPSA) is 83.8 Å². The van der Waals surface area contributed by atoms with Crippen molar-refractivity contribution in [3.05, 3.63) is 12.2 Å². The standard InChI is InChI=1S/C17H26O5/c1-10(15(19)20)12-5-7-16(3)8-6-14(22-11(2)18)17(4,21)13(16)9-12/h12-14,21H,1,5-9H2,2-4H3,(H,19,20)/t12-,13-,14-,16+,17-/m1/s1. The molecule has 0 spiro atoms. The van der Waals surface area contributed by atoms with Crippen LogP contribution >= 0.6 is 0 Å². The van der Waals surface area contributed by atoms with Gasteiger partial charge in [0.1, 0.15) is 11.7 Å². The van der Waals surface area contributed by atoms with Crippen molar-refractivity contribution < 1.29 is 24.5 Å². The van der Waals surface area contributed by atoms with Gasteiger partial charge in [0.15, 0.2) is 0 Å². The van der Waals surface area contributed by atoms with Crippen LogP contribution in [0.15, 0.2) is 12.2 Å². The van der Waals surface area contributed by atoms with Crippen LogP contribution in [0.4, 0.5) is 0 Å². The smallest absolute Gasteiger partial charge is 0.331 e. The quantitative estimate of drug-likeness (QED) is 0.618. The molecule has 2 aliphatic carbocycles. The minimum Gasteiger partial charge on any atom is -0.478 e. The Kier molecular flexibility index (Phi) is 4.39. The Balaban J connectivity index is 2.24. The Labute approximate surface area is 131 Å². The van der Waals surface area contributed by atoms with E-state index in [1.807, 2.05) is 0 Å². The van der Waals surface area contributed by atoms with Crippen LogP contribution in [0.1, 0.15) is 52.9 Å². The first kappa shape index (κ1) is 17.0. The highest BCUT2D eigenvalue weighted by molar-refractivity contribution is 5.86. The average molecular weight is 310 g/mol. The molecule has 2 saturated carbocycles. The van der Waals surface area contributed by atoms with Gasteiger partial charge in [0.05, 0.1) is 0 Å². The van der Waals surface area contributed by atoms with Crippen LogP contribution in [0.5, 0.6) is 0 Å². The summed E-state index contributed by atoms with van der Waals surface area (Å²) in [6, 6.07) is 0. The summed E-state index contributed by atoms with van der Waals surface area (Å²) >= 11 is 0. The summed E-state index contributed by atoms with van der Waals surface area (Å²) in [5, 5.41) is 20.2. The molecule has 124 valence electrons. The molecular weight excluding hydrogens is 284 g/mol. The molecule has 2 fully saturated rings. The summed E-state index contributed by atoms with van der Waals surface area (Å²) in [7, 11) is 0. The number of esters is 1. The zero-order valence-electron chi connectivity index (χ0n) is 13.6. The Morgan fingerprint density at radius 2 is 1.82 bits per heavy atom. The zero-order chi connectivity index (χ0) is 16.7. The summed E-state index contributed by atoms with van der Waals surface area (Å²) in [5.74, 6) is -1.59. The number of hydrogen-bond donors (Lipinski definition) is 2. The van der Waals surface area contributed by atoms with E-state index < -0.39 is 23.6 Å². The first-order valence-corrected chi connectivity index (χ1v) is 7.89. The van der Waals surface area contributed by atoms with Gasteiger partial charge in [-0.15, -0.1) is 0 Å². The van der Waals surface area contributed by atoms with Gasteiger partial charge in [-0.05, 0) is 56.3 Å². The predicted octanol–water partition coefficient (Wildman–Crippen LogP) is 2.53. The maximum atomic E-state index is 11.3. The van der Waals surface area contributed by atoms with Crippen LogP contribution in [-0.2, 0) is 14.3 Å². The van der Waals surface area contributed by atoms with E-state index in [2.05, 4.69) is 13.5 Å². The van der Waals surface area contributed by atoms with Crippen LogP contribution in [0, 0.1) is 17.3 Å². The van der Waals surface area contributed by atoms with Crippen molar-refractivity contribution in [1.82, 2.24) is 0 Å². The van der Waals surface area contributed by atoms with Crippen molar-refractivity contribution in [1.29, 1.82) is 0 Å².